The number of ether oxygens (including phenoxy) is 1. The zero-order valence-corrected chi connectivity index (χ0v) is 16.2. The molecule has 2 aliphatic rings. The molecule has 3 unspecified atom stereocenters. The van der Waals surface area contributed by atoms with Crippen LogP contribution in [0.5, 0.6) is 11.5 Å². The summed E-state index contributed by atoms with van der Waals surface area (Å²) in [4.78, 5) is 0. The summed E-state index contributed by atoms with van der Waals surface area (Å²) in [6.45, 7) is 10.8. The van der Waals surface area contributed by atoms with Gasteiger partial charge in [-0.2, -0.15) is 0 Å². The number of rotatable bonds is 7. The van der Waals surface area contributed by atoms with Crippen molar-refractivity contribution in [2.45, 2.75) is 90.1 Å². The van der Waals surface area contributed by atoms with Crippen molar-refractivity contribution in [2.75, 3.05) is 0 Å². The van der Waals surface area contributed by atoms with Crippen molar-refractivity contribution in [1.82, 2.24) is 0 Å². The summed E-state index contributed by atoms with van der Waals surface area (Å²) in [5, 5.41) is 10.8. The highest BCUT2D eigenvalue weighted by atomic mass is 16.5. The number of phenolic OH excluding ortho intramolecular Hbond substituents is 1. The van der Waals surface area contributed by atoms with Gasteiger partial charge in [-0.15, -0.1) is 0 Å². The van der Waals surface area contributed by atoms with E-state index < -0.39 is 0 Å². The average molecular weight is 343 g/mol. The van der Waals surface area contributed by atoms with Gasteiger partial charge in [-0.1, -0.05) is 44.8 Å². The van der Waals surface area contributed by atoms with Crippen LogP contribution in [0, 0.1) is 5.92 Å². The van der Waals surface area contributed by atoms with Crippen LogP contribution < -0.4 is 4.74 Å². The molecule has 2 heteroatoms. The van der Waals surface area contributed by atoms with E-state index in [0.717, 1.165) is 37.0 Å². The molecule has 2 bridgehead atoms. The van der Waals surface area contributed by atoms with Crippen molar-refractivity contribution >= 4 is 0 Å². The van der Waals surface area contributed by atoms with Crippen molar-refractivity contribution in [1.29, 1.82) is 0 Å². The Morgan fingerprint density at radius 2 is 2.04 bits per heavy atom. The van der Waals surface area contributed by atoms with Crippen molar-refractivity contribution in [3.8, 4) is 11.5 Å². The summed E-state index contributed by atoms with van der Waals surface area (Å²) >= 11 is 0. The summed E-state index contributed by atoms with van der Waals surface area (Å²) in [5.41, 5.74) is 3.39. The highest BCUT2D eigenvalue weighted by molar-refractivity contribution is 5.52. The Morgan fingerprint density at radius 1 is 1.28 bits per heavy atom. The molecule has 1 fully saturated rings. The number of hydrogen-bond acceptors (Lipinski definition) is 2. The molecule has 1 saturated carbocycles. The van der Waals surface area contributed by atoms with Gasteiger partial charge in [-0.05, 0) is 69.6 Å². The van der Waals surface area contributed by atoms with Crippen molar-refractivity contribution in [3.05, 3.63) is 35.4 Å². The lowest BCUT2D eigenvalue weighted by Crippen LogP contribution is -2.44. The molecule has 2 nitrogen and oxygen atoms in total. The molecule has 1 aromatic carbocycles. The van der Waals surface area contributed by atoms with Gasteiger partial charge in [0.05, 0.1) is 0 Å². The summed E-state index contributed by atoms with van der Waals surface area (Å²) in [6, 6.07) is 4.18. The Morgan fingerprint density at radius 3 is 2.76 bits per heavy atom. The van der Waals surface area contributed by atoms with Crippen molar-refractivity contribution in [2.24, 2.45) is 5.92 Å². The normalized spacial score (nSPS) is 27.5. The van der Waals surface area contributed by atoms with Crippen LogP contribution in [-0.2, 0) is 6.42 Å². The van der Waals surface area contributed by atoms with Crippen LogP contribution >= 0.6 is 0 Å². The van der Waals surface area contributed by atoms with Crippen molar-refractivity contribution in [3.63, 3.8) is 0 Å². The summed E-state index contributed by atoms with van der Waals surface area (Å²) in [5.74, 6) is 2.16. The van der Waals surface area contributed by atoms with E-state index in [1.807, 2.05) is 6.07 Å². The predicted octanol–water partition coefficient (Wildman–Crippen LogP) is 6.52. The van der Waals surface area contributed by atoms with Crippen LogP contribution in [0.3, 0.4) is 0 Å². The average Bonchev–Trinajstić information content (AvgIpc) is 2.53. The lowest BCUT2D eigenvalue weighted by atomic mass is 9.65. The van der Waals surface area contributed by atoms with Crippen LogP contribution in [-0.4, -0.2) is 10.7 Å². The minimum absolute atomic E-state index is 0.0875. The maximum atomic E-state index is 10.8. The molecule has 1 aliphatic heterocycles. The molecular weight excluding hydrogens is 308 g/mol. The van der Waals surface area contributed by atoms with E-state index >= 15 is 0 Å². The highest BCUT2D eigenvalue weighted by Crippen LogP contribution is 2.55. The molecule has 0 radical (unpaired) electrons. The quantitative estimate of drug-likeness (QED) is 0.452. The molecule has 138 valence electrons. The maximum absolute atomic E-state index is 10.8. The first-order valence-corrected chi connectivity index (χ1v) is 10.1. The Hall–Kier alpha value is -1.44. The molecule has 0 amide bonds. The van der Waals surface area contributed by atoms with E-state index in [2.05, 4.69) is 33.4 Å². The molecule has 1 heterocycles. The zero-order chi connectivity index (χ0) is 18.0. The lowest BCUT2D eigenvalue weighted by Gasteiger charge is -2.48. The molecule has 1 N–H and O–H groups in total. The number of fused-ring (bicyclic) bond motifs is 4. The van der Waals surface area contributed by atoms with Gasteiger partial charge in [-0.3, -0.25) is 0 Å². The number of hydrogen-bond donors (Lipinski definition) is 1. The number of unbranched alkanes of at least 4 members (excludes halogenated alkanes) is 4. The van der Waals surface area contributed by atoms with Gasteiger partial charge in [0, 0.05) is 11.5 Å². The van der Waals surface area contributed by atoms with Gasteiger partial charge < -0.3 is 9.84 Å². The van der Waals surface area contributed by atoms with E-state index in [9.17, 15) is 5.11 Å². The Balaban J connectivity index is 1.81. The molecule has 0 saturated heterocycles. The molecule has 1 aromatic rings. The smallest absolute Gasteiger partial charge is 0.127 e. The van der Waals surface area contributed by atoms with Gasteiger partial charge >= 0.3 is 0 Å². The first-order valence-electron chi connectivity index (χ1n) is 10.1. The summed E-state index contributed by atoms with van der Waals surface area (Å²) in [6.07, 6.45) is 10.6. The molecule has 3 rings (SSSR count). The number of allylic oxidation sites excluding steroid dienone is 1. The highest BCUT2D eigenvalue weighted by Gasteiger charge is 2.46. The largest absolute Gasteiger partial charge is 0.508 e. The van der Waals surface area contributed by atoms with Crippen LogP contribution in [0.2, 0.25) is 0 Å². The second-order valence-electron chi connectivity index (χ2n) is 8.55. The van der Waals surface area contributed by atoms with Gasteiger partial charge in [0.25, 0.3) is 0 Å². The first-order chi connectivity index (χ1) is 11.9. The zero-order valence-electron chi connectivity index (χ0n) is 16.2. The maximum Gasteiger partial charge on any atom is 0.127 e. The molecule has 1 aliphatic carbocycles. The van der Waals surface area contributed by atoms with E-state index in [0.29, 0.717) is 17.6 Å². The van der Waals surface area contributed by atoms with Crippen LogP contribution in [0.25, 0.3) is 0 Å². The Bertz CT molecular complexity index is 633. The standard InChI is InChI=1S/C23H34O2/c1-5-6-7-8-9-10-17-13-20(24)22-19-15-23(4,25-21(22)14-17)12-11-18(19)16(2)3/h13-14,18-19,24H,2,5-12,15H2,1,3-4H3. The lowest BCUT2D eigenvalue weighted by molar-refractivity contribution is 0.00630. The van der Waals surface area contributed by atoms with Gasteiger partial charge in [0.1, 0.15) is 17.1 Å². The second kappa shape index (κ2) is 7.43. The molecule has 0 aromatic heterocycles. The number of aryl methyl sites for hydroxylation is 1. The third kappa shape index (κ3) is 3.88. The van der Waals surface area contributed by atoms with Crippen LogP contribution in [0.1, 0.15) is 89.2 Å². The monoisotopic (exact) mass is 342 g/mol. The van der Waals surface area contributed by atoms with E-state index in [-0.39, 0.29) is 5.60 Å². The number of aromatic hydroxyl groups is 1. The third-order valence-electron chi connectivity index (χ3n) is 6.23. The van der Waals surface area contributed by atoms with Crippen molar-refractivity contribution < 1.29 is 9.84 Å². The molecule has 25 heavy (non-hydrogen) atoms. The fraction of sp³-hybridized carbons (Fsp3) is 0.652. The van der Waals surface area contributed by atoms with Crippen LogP contribution in [0.4, 0.5) is 0 Å². The Kier molecular flexibility index (Phi) is 5.46. The summed E-state index contributed by atoms with van der Waals surface area (Å²) in [7, 11) is 0. The fourth-order valence-corrected chi connectivity index (χ4v) is 4.82. The first kappa shape index (κ1) is 18.4. The van der Waals surface area contributed by atoms with Gasteiger partial charge in [-0.25, -0.2) is 0 Å². The molecular formula is C23H34O2. The van der Waals surface area contributed by atoms with E-state index in [1.54, 1.807) is 0 Å². The van der Waals surface area contributed by atoms with Gasteiger partial charge in [0.15, 0.2) is 0 Å². The fourth-order valence-electron chi connectivity index (χ4n) is 4.82. The number of phenols is 1. The second-order valence-corrected chi connectivity index (χ2v) is 8.55. The minimum Gasteiger partial charge on any atom is -0.508 e. The number of benzene rings is 1. The molecule has 0 spiro atoms. The van der Waals surface area contributed by atoms with Gasteiger partial charge in [0.2, 0.25) is 0 Å². The Labute approximate surface area is 153 Å². The topological polar surface area (TPSA) is 29.5 Å². The predicted molar refractivity (Wildman–Crippen MR) is 104 cm³/mol. The van der Waals surface area contributed by atoms with Crippen LogP contribution in [0.15, 0.2) is 24.3 Å². The SMILES string of the molecule is C=C(C)C1CCC2(C)CC1c1c(O)cc(CCCCCCC)cc1O2. The summed E-state index contributed by atoms with van der Waals surface area (Å²) < 4.78 is 6.40. The third-order valence-corrected chi connectivity index (χ3v) is 6.23. The minimum atomic E-state index is -0.0875. The van der Waals surface area contributed by atoms with E-state index in [4.69, 9.17) is 4.74 Å². The molecule has 3 atom stereocenters. The van der Waals surface area contributed by atoms with E-state index in [1.165, 1.54) is 43.2 Å².